The Hall–Kier alpha value is 0.150. The van der Waals surface area contributed by atoms with Gasteiger partial charge in [-0.2, -0.15) is 0 Å². The van der Waals surface area contributed by atoms with Crippen LogP contribution in [0.1, 0.15) is 32.1 Å². The van der Waals surface area contributed by atoms with Crippen molar-refractivity contribution in [1.82, 2.24) is 0 Å². The summed E-state index contributed by atoms with van der Waals surface area (Å²) in [5, 5.41) is 6.85. The van der Waals surface area contributed by atoms with E-state index >= 15 is 0 Å². The zero-order valence-corrected chi connectivity index (χ0v) is 6.97. The van der Waals surface area contributed by atoms with E-state index in [0.29, 0.717) is 0 Å². The number of hydrogen-bond donors (Lipinski definition) is 2. The molecule has 0 amide bonds. The normalized spacial score (nSPS) is 24.5. The van der Waals surface area contributed by atoms with Crippen LogP contribution in [0.4, 0.5) is 0 Å². The predicted octanol–water partition coefficient (Wildman–Crippen LogP) is 2.13. The van der Waals surface area contributed by atoms with Gasteiger partial charge in [0.05, 0.1) is 6.10 Å². The van der Waals surface area contributed by atoms with Gasteiger partial charge in [-0.25, -0.2) is 0 Å². The molecule has 60 valence electrons. The molecule has 0 saturated heterocycles. The first kappa shape index (κ1) is 8.25. The third-order valence-electron chi connectivity index (χ3n) is 1.83. The van der Waals surface area contributed by atoms with Gasteiger partial charge in [0.1, 0.15) is 0 Å². The van der Waals surface area contributed by atoms with Crippen molar-refractivity contribution in [3.05, 3.63) is 0 Å². The van der Waals surface area contributed by atoms with Gasteiger partial charge in [-0.3, -0.25) is 5.16 Å². The van der Waals surface area contributed by atoms with Crippen LogP contribution < -0.4 is 0 Å². The standard InChI is InChI=1S/C6H14NO2P/c7-10(8)9-6-4-2-1-3-5-6/h6,10H,1-5H2,(H2,7,8). The van der Waals surface area contributed by atoms with Crippen LogP contribution in [0.15, 0.2) is 0 Å². The van der Waals surface area contributed by atoms with Crippen LogP contribution in [-0.2, 0) is 4.52 Å². The smallest absolute Gasteiger partial charge is 0.194 e. The zero-order chi connectivity index (χ0) is 7.40. The molecule has 1 unspecified atom stereocenters. The minimum atomic E-state index is -2.18. The average Bonchev–Trinajstić information content (AvgIpc) is 1.88. The fourth-order valence-corrected chi connectivity index (χ4v) is 1.89. The Balaban J connectivity index is 2.19. The maximum Gasteiger partial charge on any atom is 0.194 e. The molecule has 1 aliphatic rings. The van der Waals surface area contributed by atoms with E-state index in [4.69, 9.17) is 14.6 Å². The molecule has 1 rings (SSSR count). The van der Waals surface area contributed by atoms with Crippen LogP contribution >= 0.6 is 8.17 Å². The maximum absolute atomic E-state index is 8.65. The van der Waals surface area contributed by atoms with Crippen LogP contribution in [0.25, 0.3) is 0 Å². The van der Waals surface area contributed by atoms with Crippen molar-refractivity contribution in [3.63, 3.8) is 0 Å². The highest BCUT2D eigenvalue weighted by Crippen LogP contribution is 2.28. The fourth-order valence-electron chi connectivity index (χ4n) is 1.34. The van der Waals surface area contributed by atoms with Gasteiger partial charge >= 0.3 is 0 Å². The molecule has 0 aromatic heterocycles. The van der Waals surface area contributed by atoms with E-state index < -0.39 is 8.17 Å². The minimum absolute atomic E-state index is 0.185. The fraction of sp³-hybridized carbons (Fsp3) is 1.00. The number of hydrogen-bond acceptors (Lipinski definition) is 2. The lowest BCUT2D eigenvalue weighted by Gasteiger charge is -2.20. The molecule has 4 heteroatoms. The van der Waals surface area contributed by atoms with Crippen LogP contribution in [0.3, 0.4) is 0 Å². The van der Waals surface area contributed by atoms with Crippen molar-refractivity contribution < 1.29 is 9.42 Å². The second kappa shape index (κ2) is 4.12. The quantitative estimate of drug-likeness (QED) is 0.612. The summed E-state index contributed by atoms with van der Waals surface area (Å²) in [5.41, 5.74) is 0. The first-order valence-corrected chi connectivity index (χ1v) is 5.09. The van der Waals surface area contributed by atoms with E-state index in [1.807, 2.05) is 0 Å². The molecule has 0 bridgehead atoms. The first-order valence-electron chi connectivity index (χ1n) is 3.73. The Morgan fingerprint density at radius 3 is 2.40 bits per heavy atom. The number of rotatable bonds is 2. The van der Waals surface area contributed by atoms with Gasteiger partial charge in [-0.1, -0.05) is 19.3 Å². The van der Waals surface area contributed by atoms with Crippen LogP contribution in [0, 0.1) is 5.16 Å². The van der Waals surface area contributed by atoms with Crippen molar-refractivity contribution in [2.24, 2.45) is 0 Å². The van der Waals surface area contributed by atoms with E-state index in [1.54, 1.807) is 0 Å². The highest BCUT2D eigenvalue weighted by Gasteiger charge is 2.13. The van der Waals surface area contributed by atoms with Gasteiger partial charge in [-0.15, -0.1) is 0 Å². The highest BCUT2D eigenvalue weighted by molar-refractivity contribution is 7.33. The van der Waals surface area contributed by atoms with Gasteiger partial charge in [-0.05, 0) is 12.8 Å². The molecular formula is C6H14NO2P. The molecule has 0 heterocycles. The highest BCUT2D eigenvalue weighted by atomic mass is 31.1. The molecule has 3 nitrogen and oxygen atoms in total. The molecule has 2 N–H and O–H groups in total. The third-order valence-corrected chi connectivity index (χ3v) is 2.39. The molecule has 0 aromatic rings. The van der Waals surface area contributed by atoms with E-state index in [-0.39, 0.29) is 6.10 Å². The van der Waals surface area contributed by atoms with Crippen LogP contribution in [0.2, 0.25) is 0 Å². The van der Waals surface area contributed by atoms with Crippen LogP contribution in [0.5, 0.6) is 0 Å². The lowest BCUT2D eigenvalue weighted by molar-refractivity contribution is 0.159. The van der Waals surface area contributed by atoms with Gasteiger partial charge in [0.15, 0.2) is 8.17 Å². The Labute approximate surface area is 61.8 Å². The van der Waals surface area contributed by atoms with E-state index in [1.165, 1.54) is 19.3 Å². The van der Waals surface area contributed by atoms with E-state index in [2.05, 4.69) is 0 Å². The summed E-state index contributed by atoms with van der Waals surface area (Å²) in [7, 11) is -2.18. The largest absolute Gasteiger partial charge is 0.342 e. The minimum Gasteiger partial charge on any atom is -0.342 e. The topological polar surface area (TPSA) is 53.3 Å². The number of nitrogens with one attached hydrogen (secondary N) is 1. The average molecular weight is 163 g/mol. The summed E-state index contributed by atoms with van der Waals surface area (Å²) in [6, 6.07) is 0. The van der Waals surface area contributed by atoms with Gasteiger partial charge in [0.2, 0.25) is 0 Å². The summed E-state index contributed by atoms with van der Waals surface area (Å²) in [6.45, 7) is 0. The molecule has 0 spiro atoms. The summed E-state index contributed by atoms with van der Waals surface area (Å²) >= 11 is 0. The summed E-state index contributed by atoms with van der Waals surface area (Å²) in [6.07, 6.45) is 5.93. The molecule has 10 heavy (non-hydrogen) atoms. The van der Waals surface area contributed by atoms with Crippen LogP contribution in [-0.4, -0.2) is 11.0 Å². The lowest BCUT2D eigenvalue weighted by atomic mass is 9.98. The van der Waals surface area contributed by atoms with Crippen molar-refractivity contribution in [2.75, 3.05) is 0 Å². The van der Waals surface area contributed by atoms with E-state index in [0.717, 1.165) is 12.8 Å². The molecule has 0 aromatic carbocycles. The molecule has 0 aliphatic heterocycles. The van der Waals surface area contributed by atoms with Gasteiger partial charge in [0, 0.05) is 0 Å². The summed E-state index contributed by atoms with van der Waals surface area (Å²) < 4.78 is 5.02. The molecule has 0 radical (unpaired) electrons. The molecule has 1 aliphatic carbocycles. The van der Waals surface area contributed by atoms with Crippen molar-refractivity contribution in [2.45, 2.75) is 38.2 Å². The lowest BCUT2D eigenvalue weighted by Crippen LogP contribution is -2.12. The van der Waals surface area contributed by atoms with Gasteiger partial charge in [0.25, 0.3) is 0 Å². The third kappa shape index (κ3) is 2.82. The first-order chi connectivity index (χ1) is 4.79. The molecular weight excluding hydrogens is 149 g/mol. The molecule has 1 atom stereocenters. The monoisotopic (exact) mass is 163 g/mol. The maximum atomic E-state index is 8.65. The SMILES string of the molecule is N=[PH](O)OC1CCCCC1. The summed E-state index contributed by atoms with van der Waals surface area (Å²) in [4.78, 5) is 8.65. The van der Waals surface area contributed by atoms with Crippen molar-refractivity contribution in [3.8, 4) is 0 Å². The van der Waals surface area contributed by atoms with Crippen molar-refractivity contribution >= 4 is 8.17 Å². The Morgan fingerprint density at radius 2 is 1.90 bits per heavy atom. The molecule has 1 saturated carbocycles. The van der Waals surface area contributed by atoms with Gasteiger partial charge < -0.3 is 9.42 Å². The summed E-state index contributed by atoms with van der Waals surface area (Å²) in [5.74, 6) is 0. The van der Waals surface area contributed by atoms with E-state index in [9.17, 15) is 0 Å². The Bertz CT molecular complexity index is 123. The second-order valence-corrected chi connectivity index (χ2v) is 3.53. The predicted molar refractivity (Wildman–Crippen MR) is 41.2 cm³/mol. The van der Waals surface area contributed by atoms with Crippen molar-refractivity contribution in [1.29, 1.82) is 5.16 Å². The molecule has 1 fully saturated rings. The Kier molecular flexibility index (Phi) is 3.40. The zero-order valence-electron chi connectivity index (χ0n) is 5.97. The second-order valence-electron chi connectivity index (χ2n) is 2.68. The Morgan fingerprint density at radius 1 is 1.30 bits per heavy atom.